The molecule has 1 aromatic heterocycles. The van der Waals surface area contributed by atoms with Crippen molar-refractivity contribution >= 4 is 27.8 Å². The fourth-order valence-electron chi connectivity index (χ4n) is 1.60. The number of ketones is 1. The summed E-state index contributed by atoms with van der Waals surface area (Å²) in [7, 11) is 0. The number of carbonyl (C=O) groups is 1. The first kappa shape index (κ1) is 14.6. The molecule has 2 aromatic rings. The first-order valence-electron chi connectivity index (χ1n) is 6.34. The Kier molecular flexibility index (Phi) is 5.62. The van der Waals surface area contributed by atoms with Gasteiger partial charge < -0.3 is 9.15 Å². The Hall–Kier alpha value is -1.81. The number of hydrogen-bond acceptors (Lipinski definition) is 3. The molecule has 4 heteroatoms. The molecular weight excluding hydrogens is 320 g/mol. The van der Waals surface area contributed by atoms with E-state index in [9.17, 15) is 4.79 Å². The quantitative estimate of drug-likeness (QED) is 0.327. The third kappa shape index (κ3) is 4.38. The summed E-state index contributed by atoms with van der Waals surface area (Å²) in [6.07, 6.45) is 5.68. The van der Waals surface area contributed by atoms with Crippen LogP contribution in [0.15, 0.2) is 53.2 Å². The molecule has 0 saturated carbocycles. The summed E-state index contributed by atoms with van der Waals surface area (Å²) in [5.74, 6) is 1.37. The van der Waals surface area contributed by atoms with Crippen LogP contribution in [0, 0.1) is 0 Å². The zero-order valence-electron chi connectivity index (χ0n) is 10.9. The zero-order chi connectivity index (χ0) is 14.2. The molecule has 1 heterocycles. The van der Waals surface area contributed by atoms with E-state index in [2.05, 4.69) is 15.9 Å². The van der Waals surface area contributed by atoms with Gasteiger partial charge in [-0.15, -0.1) is 0 Å². The van der Waals surface area contributed by atoms with Crippen LogP contribution in [-0.2, 0) is 0 Å². The van der Waals surface area contributed by atoms with Crippen LogP contribution in [-0.4, -0.2) is 17.7 Å². The maximum atomic E-state index is 11.9. The number of alkyl halides is 1. The monoisotopic (exact) mass is 334 g/mol. The topological polar surface area (TPSA) is 39.4 Å². The van der Waals surface area contributed by atoms with Gasteiger partial charge in [0, 0.05) is 10.9 Å². The molecule has 3 nitrogen and oxygen atoms in total. The highest BCUT2D eigenvalue weighted by Gasteiger charge is 2.02. The van der Waals surface area contributed by atoms with Gasteiger partial charge in [-0.2, -0.15) is 0 Å². The van der Waals surface area contributed by atoms with E-state index < -0.39 is 0 Å². The molecule has 0 amide bonds. The summed E-state index contributed by atoms with van der Waals surface area (Å²) in [4.78, 5) is 11.9. The lowest BCUT2D eigenvalue weighted by molar-refractivity contribution is 0.104. The molecule has 0 spiro atoms. The van der Waals surface area contributed by atoms with Crippen LogP contribution in [0.4, 0.5) is 0 Å². The van der Waals surface area contributed by atoms with E-state index in [0.717, 1.165) is 17.5 Å². The molecule has 0 aliphatic heterocycles. The molecule has 0 fully saturated rings. The second kappa shape index (κ2) is 7.70. The van der Waals surface area contributed by atoms with Crippen LogP contribution < -0.4 is 4.74 Å². The van der Waals surface area contributed by atoms with Gasteiger partial charge in [0.2, 0.25) is 0 Å². The van der Waals surface area contributed by atoms with Gasteiger partial charge in [-0.25, -0.2) is 0 Å². The van der Waals surface area contributed by atoms with Gasteiger partial charge in [-0.1, -0.05) is 15.9 Å². The Labute approximate surface area is 126 Å². The van der Waals surface area contributed by atoms with Crippen molar-refractivity contribution in [1.82, 2.24) is 0 Å². The molecule has 2 rings (SSSR count). The Morgan fingerprint density at radius 3 is 2.70 bits per heavy atom. The first-order valence-corrected chi connectivity index (χ1v) is 7.46. The number of carbonyl (C=O) groups excluding carboxylic acids is 1. The lowest BCUT2D eigenvalue weighted by Crippen LogP contribution is -1.99. The smallest absolute Gasteiger partial charge is 0.185 e. The second-order valence-corrected chi connectivity index (χ2v) is 4.92. The predicted molar refractivity (Wildman–Crippen MR) is 82.4 cm³/mol. The van der Waals surface area contributed by atoms with Crippen molar-refractivity contribution in [2.45, 2.75) is 6.42 Å². The van der Waals surface area contributed by atoms with E-state index in [0.29, 0.717) is 17.9 Å². The van der Waals surface area contributed by atoms with Gasteiger partial charge in [0.1, 0.15) is 11.5 Å². The van der Waals surface area contributed by atoms with E-state index in [1.54, 1.807) is 36.6 Å². The standard InChI is InChI=1S/C16H15BrO3/c17-10-2-12-20-15-6-4-13(5-7-15)16(18)9-8-14-3-1-11-19-14/h1,3-9,11H,2,10,12H2. The van der Waals surface area contributed by atoms with Crippen molar-refractivity contribution in [1.29, 1.82) is 0 Å². The molecule has 0 aliphatic carbocycles. The lowest BCUT2D eigenvalue weighted by Gasteiger charge is -2.05. The third-order valence-electron chi connectivity index (χ3n) is 2.63. The van der Waals surface area contributed by atoms with Crippen molar-refractivity contribution in [3.63, 3.8) is 0 Å². The molecule has 0 saturated heterocycles. The molecule has 0 atom stereocenters. The molecule has 0 unspecified atom stereocenters. The summed E-state index contributed by atoms with van der Waals surface area (Å²) in [5.41, 5.74) is 0.626. The number of furan rings is 1. The molecule has 0 radical (unpaired) electrons. The molecule has 0 aliphatic rings. The Bertz CT molecular complexity index is 556. The molecule has 1 aromatic carbocycles. The maximum absolute atomic E-state index is 11.9. The fourth-order valence-corrected chi connectivity index (χ4v) is 1.83. The van der Waals surface area contributed by atoms with Gasteiger partial charge in [-0.3, -0.25) is 4.79 Å². The van der Waals surface area contributed by atoms with E-state index in [1.165, 1.54) is 6.08 Å². The van der Waals surface area contributed by atoms with Gasteiger partial charge in [0.05, 0.1) is 12.9 Å². The van der Waals surface area contributed by atoms with Crippen LogP contribution in [0.5, 0.6) is 5.75 Å². The highest BCUT2D eigenvalue weighted by molar-refractivity contribution is 9.09. The van der Waals surface area contributed by atoms with Crippen LogP contribution in [0.2, 0.25) is 0 Å². The molecule has 0 bridgehead atoms. The Morgan fingerprint density at radius 1 is 1.25 bits per heavy atom. The van der Waals surface area contributed by atoms with E-state index in [-0.39, 0.29) is 5.78 Å². The van der Waals surface area contributed by atoms with Crippen molar-refractivity contribution in [3.8, 4) is 5.75 Å². The van der Waals surface area contributed by atoms with Gasteiger partial charge in [0.15, 0.2) is 5.78 Å². The number of rotatable bonds is 7. The van der Waals surface area contributed by atoms with Crippen LogP contribution in [0.3, 0.4) is 0 Å². The van der Waals surface area contributed by atoms with Crippen LogP contribution in [0.1, 0.15) is 22.5 Å². The average molecular weight is 335 g/mol. The third-order valence-corrected chi connectivity index (χ3v) is 3.19. The fraction of sp³-hybridized carbons (Fsp3) is 0.188. The van der Waals surface area contributed by atoms with Crippen molar-refractivity contribution in [3.05, 3.63) is 60.1 Å². The zero-order valence-corrected chi connectivity index (χ0v) is 12.5. The number of halogens is 1. The molecule has 20 heavy (non-hydrogen) atoms. The second-order valence-electron chi connectivity index (χ2n) is 4.13. The Balaban J connectivity index is 1.93. The number of ether oxygens (including phenoxy) is 1. The SMILES string of the molecule is O=C(C=Cc1ccco1)c1ccc(OCCCBr)cc1. The summed E-state index contributed by atoms with van der Waals surface area (Å²) in [6.45, 7) is 0.664. The normalized spacial score (nSPS) is 10.8. The van der Waals surface area contributed by atoms with E-state index >= 15 is 0 Å². The molecule has 0 N–H and O–H groups in total. The van der Waals surface area contributed by atoms with Crippen LogP contribution >= 0.6 is 15.9 Å². The number of hydrogen-bond donors (Lipinski definition) is 0. The first-order chi connectivity index (χ1) is 9.79. The lowest BCUT2D eigenvalue weighted by atomic mass is 10.1. The van der Waals surface area contributed by atoms with E-state index in [1.807, 2.05) is 12.1 Å². The highest BCUT2D eigenvalue weighted by atomic mass is 79.9. The predicted octanol–water partition coefficient (Wildman–Crippen LogP) is 4.34. The minimum atomic E-state index is -0.0617. The van der Waals surface area contributed by atoms with E-state index in [4.69, 9.17) is 9.15 Å². The van der Waals surface area contributed by atoms with Gasteiger partial charge in [0.25, 0.3) is 0 Å². The number of benzene rings is 1. The Morgan fingerprint density at radius 2 is 2.05 bits per heavy atom. The molecule has 104 valence electrons. The summed E-state index contributed by atoms with van der Waals surface area (Å²) in [6, 6.07) is 10.7. The minimum absolute atomic E-state index is 0.0617. The summed E-state index contributed by atoms with van der Waals surface area (Å²) < 4.78 is 10.7. The maximum Gasteiger partial charge on any atom is 0.185 e. The van der Waals surface area contributed by atoms with Crippen molar-refractivity contribution < 1.29 is 13.9 Å². The van der Waals surface area contributed by atoms with Crippen molar-refractivity contribution in [2.75, 3.05) is 11.9 Å². The highest BCUT2D eigenvalue weighted by Crippen LogP contribution is 2.14. The summed E-state index contributed by atoms with van der Waals surface area (Å²) in [5, 5.41) is 0.918. The van der Waals surface area contributed by atoms with Crippen molar-refractivity contribution in [2.24, 2.45) is 0 Å². The minimum Gasteiger partial charge on any atom is -0.494 e. The van der Waals surface area contributed by atoms with Crippen LogP contribution in [0.25, 0.3) is 6.08 Å². The average Bonchev–Trinajstić information content (AvgIpc) is 2.99. The summed E-state index contributed by atoms with van der Waals surface area (Å²) >= 11 is 3.35. The van der Waals surface area contributed by atoms with Gasteiger partial charge >= 0.3 is 0 Å². The van der Waals surface area contributed by atoms with Gasteiger partial charge in [-0.05, 0) is 55.0 Å². The number of allylic oxidation sites excluding steroid dienone is 1. The largest absolute Gasteiger partial charge is 0.494 e. The molecular formula is C16H15BrO3.